The van der Waals surface area contributed by atoms with E-state index in [9.17, 15) is 31.1 Å². The molecule has 0 atom stereocenters. The number of hydrogen-bond acceptors (Lipinski definition) is 3. The third kappa shape index (κ3) is 4.29. The number of nitrogens with zero attached hydrogens (tertiary/aromatic N) is 4. The van der Waals surface area contributed by atoms with Crippen molar-refractivity contribution in [1.29, 1.82) is 0 Å². The largest absolute Gasteiger partial charge is 0.416 e. The van der Waals surface area contributed by atoms with Gasteiger partial charge >= 0.3 is 6.18 Å². The zero-order valence-corrected chi connectivity index (χ0v) is 13.6. The van der Waals surface area contributed by atoms with E-state index in [1.54, 1.807) is 0 Å². The van der Waals surface area contributed by atoms with Crippen molar-refractivity contribution < 1.29 is 31.1 Å². The summed E-state index contributed by atoms with van der Waals surface area (Å²) in [6.07, 6.45) is -1.40. The lowest BCUT2D eigenvalue weighted by atomic mass is 10.1. The lowest BCUT2D eigenvalue weighted by Gasteiger charge is -2.37. The first kappa shape index (κ1) is 18.9. The van der Waals surface area contributed by atoms with Crippen molar-refractivity contribution in [2.75, 3.05) is 13.1 Å². The molecule has 11 heteroatoms. The molecule has 2 aromatic rings. The van der Waals surface area contributed by atoms with Gasteiger partial charge in [0.05, 0.1) is 18.7 Å². The van der Waals surface area contributed by atoms with E-state index < -0.39 is 43.3 Å². The number of carbonyl (C=O) groups excluding carboxylic acids is 1. The van der Waals surface area contributed by atoms with Crippen LogP contribution in [0.4, 0.5) is 26.3 Å². The molecule has 0 aliphatic carbocycles. The molecule has 1 amide bonds. The van der Waals surface area contributed by atoms with Gasteiger partial charge in [0.1, 0.15) is 13.0 Å². The third-order valence-electron chi connectivity index (χ3n) is 3.77. The molecule has 1 aliphatic heterocycles. The maximum Gasteiger partial charge on any atom is 0.416 e. The number of benzene rings is 1. The Balaban J connectivity index is 1.78. The van der Waals surface area contributed by atoms with Crippen molar-refractivity contribution in [2.45, 2.75) is 18.8 Å². The summed E-state index contributed by atoms with van der Waals surface area (Å²) in [4.78, 5) is 16.4. The summed E-state index contributed by atoms with van der Waals surface area (Å²) in [5.74, 6) is -3.65. The predicted octanol–water partition coefficient (Wildman–Crippen LogP) is 3.38. The van der Waals surface area contributed by atoms with Crippen molar-refractivity contribution in [1.82, 2.24) is 19.7 Å². The first-order valence-corrected chi connectivity index (χ1v) is 7.61. The maximum atomic E-state index is 12.9. The van der Waals surface area contributed by atoms with Crippen LogP contribution in [0.2, 0.25) is 0 Å². The van der Waals surface area contributed by atoms with E-state index in [-0.39, 0.29) is 17.0 Å². The van der Waals surface area contributed by atoms with Gasteiger partial charge in [-0.15, -0.1) is 5.10 Å². The van der Waals surface area contributed by atoms with Crippen LogP contribution in [0.25, 0.3) is 17.6 Å². The molecule has 0 N–H and O–H groups in total. The van der Waals surface area contributed by atoms with Crippen molar-refractivity contribution >= 4 is 12.1 Å². The summed E-state index contributed by atoms with van der Waals surface area (Å²) in [5, 5.41) is 3.89. The lowest BCUT2D eigenvalue weighted by Crippen LogP contribution is -2.58. The Bertz CT molecular complexity index is 881. The third-order valence-corrected chi connectivity index (χ3v) is 3.77. The highest BCUT2D eigenvalue weighted by Gasteiger charge is 2.45. The zero-order chi connectivity index (χ0) is 19.8. The van der Waals surface area contributed by atoms with Crippen LogP contribution in [0.3, 0.4) is 0 Å². The molecule has 0 spiro atoms. The molecule has 3 rings (SSSR count). The molecule has 0 radical (unpaired) electrons. The van der Waals surface area contributed by atoms with Crippen molar-refractivity contribution in [3.63, 3.8) is 0 Å². The Kier molecular flexibility index (Phi) is 4.70. The average molecular weight is 390 g/mol. The molecule has 27 heavy (non-hydrogen) atoms. The van der Waals surface area contributed by atoms with E-state index >= 15 is 0 Å². The van der Waals surface area contributed by atoms with Gasteiger partial charge in [-0.2, -0.15) is 13.2 Å². The number of likely N-dealkylation sites (tertiary alicyclic amines) is 1. The molecule has 1 aromatic carbocycles. The molecule has 1 aromatic heterocycles. The number of carbonyl (C=O) groups is 1. The van der Waals surface area contributed by atoms with Crippen LogP contribution in [-0.4, -0.2) is 44.6 Å². The van der Waals surface area contributed by atoms with Gasteiger partial charge in [0.25, 0.3) is 5.92 Å². The Labute approximate surface area is 148 Å². The first-order chi connectivity index (χ1) is 12.6. The van der Waals surface area contributed by atoms with Crippen LogP contribution in [0.1, 0.15) is 11.1 Å². The van der Waals surface area contributed by atoms with Crippen LogP contribution in [0.15, 0.2) is 30.6 Å². The highest BCUT2D eigenvalue weighted by Crippen LogP contribution is 2.33. The summed E-state index contributed by atoms with van der Waals surface area (Å²) >= 11 is 0. The summed E-state index contributed by atoms with van der Waals surface area (Å²) in [7, 11) is 0. The Morgan fingerprint density at radius 1 is 1.22 bits per heavy atom. The molecule has 5 nitrogen and oxygen atoms in total. The average Bonchev–Trinajstić information content (AvgIpc) is 3.05. The smallest absolute Gasteiger partial charge is 0.327 e. The fraction of sp³-hybridized carbons (Fsp3) is 0.312. The van der Waals surface area contributed by atoms with E-state index in [0.29, 0.717) is 6.07 Å². The molecule has 0 bridgehead atoms. The standard InChI is InChI=1S/C16H12F6N4O/c17-6-10-3-11(5-12(4-10)16(20,21)22)14-23-9-26(24-14)2-1-13(27)25-7-15(18,19)8-25/h1-5,9H,6-8H2/b2-1-. The van der Waals surface area contributed by atoms with Crippen LogP contribution in [-0.2, 0) is 17.6 Å². The number of aromatic nitrogens is 3. The van der Waals surface area contributed by atoms with Crippen molar-refractivity contribution in [2.24, 2.45) is 0 Å². The van der Waals surface area contributed by atoms with Gasteiger partial charge in [-0.1, -0.05) is 0 Å². The van der Waals surface area contributed by atoms with Gasteiger partial charge in [0.2, 0.25) is 5.91 Å². The number of halogens is 6. The summed E-state index contributed by atoms with van der Waals surface area (Å²) in [6, 6.07) is 2.67. The minimum Gasteiger partial charge on any atom is -0.327 e. The summed E-state index contributed by atoms with van der Waals surface area (Å²) in [6.45, 7) is -2.43. The minimum atomic E-state index is -4.66. The van der Waals surface area contributed by atoms with E-state index in [2.05, 4.69) is 10.1 Å². The zero-order valence-electron chi connectivity index (χ0n) is 13.6. The van der Waals surface area contributed by atoms with Gasteiger partial charge in [0.15, 0.2) is 5.82 Å². The van der Waals surface area contributed by atoms with Crippen LogP contribution in [0.5, 0.6) is 0 Å². The highest BCUT2D eigenvalue weighted by molar-refractivity contribution is 5.90. The first-order valence-electron chi connectivity index (χ1n) is 7.61. The number of alkyl halides is 6. The minimum absolute atomic E-state index is 0.0432. The van der Waals surface area contributed by atoms with Gasteiger partial charge in [0, 0.05) is 17.8 Å². The van der Waals surface area contributed by atoms with Gasteiger partial charge in [-0.3, -0.25) is 4.79 Å². The molecular formula is C16H12F6N4O. The molecule has 2 heterocycles. The molecule has 0 unspecified atom stereocenters. The van der Waals surface area contributed by atoms with Crippen molar-refractivity contribution in [3.8, 4) is 11.4 Å². The Morgan fingerprint density at radius 2 is 1.93 bits per heavy atom. The molecule has 1 aliphatic rings. The predicted molar refractivity (Wildman–Crippen MR) is 82.1 cm³/mol. The van der Waals surface area contributed by atoms with Gasteiger partial charge < -0.3 is 4.90 Å². The topological polar surface area (TPSA) is 51.0 Å². The van der Waals surface area contributed by atoms with Crippen LogP contribution in [0, 0.1) is 0 Å². The maximum absolute atomic E-state index is 12.9. The Morgan fingerprint density at radius 3 is 2.52 bits per heavy atom. The van der Waals surface area contributed by atoms with Crippen LogP contribution >= 0.6 is 0 Å². The molecular weight excluding hydrogens is 378 g/mol. The molecule has 0 saturated carbocycles. The fourth-order valence-electron chi connectivity index (χ4n) is 2.45. The fourth-order valence-corrected chi connectivity index (χ4v) is 2.45. The molecule has 1 saturated heterocycles. The van der Waals surface area contributed by atoms with Gasteiger partial charge in [-0.25, -0.2) is 22.8 Å². The lowest BCUT2D eigenvalue weighted by molar-refractivity contribution is -0.160. The van der Waals surface area contributed by atoms with E-state index in [1.165, 1.54) is 6.07 Å². The number of hydrogen-bond donors (Lipinski definition) is 0. The number of rotatable bonds is 4. The van der Waals surface area contributed by atoms with Crippen LogP contribution < -0.4 is 0 Å². The van der Waals surface area contributed by atoms with Gasteiger partial charge in [-0.05, 0) is 23.8 Å². The summed E-state index contributed by atoms with van der Waals surface area (Å²) in [5.41, 5.74) is -1.26. The Hall–Kier alpha value is -2.85. The quantitative estimate of drug-likeness (QED) is 0.594. The van der Waals surface area contributed by atoms with E-state index in [4.69, 9.17) is 0 Å². The van der Waals surface area contributed by atoms with E-state index in [0.717, 1.165) is 34.3 Å². The monoisotopic (exact) mass is 390 g/mol. The second kappa shape index (κ2) is 6.71. The normalized spacial score (nSPS) is 16.6. The molecule has 1 fully saturated rings. The van der Waals surface area contributed by atoms with E-state index in [1.807, 2.05) is 0 Å². The SMILES string of the molecule is O=C(/C=C\n1cnc(-c2cc(CF)cc(C(F)(F)F)c2)n1)N1CC(F)(F)C1. The molecule has 144 valence electrons. The second-order valence-electron chi connectivity index (χ2n) is 5.96. The number of amides is 1. The second-order valence-corrected chi connectivity index (χ2v) is 5.96. The highest BCUT2D eigenvalue weighted by atomic mass is 19.4. The summed E-state index contributed by atoms with van der Waals surface area (Å²) < 4.78 is 78.1. The van der Waals surface area contributed by atoms with Crippen molar-refractivity contribution in [3.05, 3.63) is 41.7 Å².